The molecule has 1 saturated carbocycles. The maximum Gasteiger partial charge on any atom is 0.0857 e. The van der Waals surface area contributed by atoms with E-state index in [4.69, 9.17) is 16.6 Å². The third kappa shape index (κ3) is 1.32. The SMILES string of the molecule is CC1=Nc2c(Cl)cc(Br)cc2C12CCCC2. The molecule has 1 heterocycles. The van der Waals surface area contributed by atoms with E-state index < -0.39 is 0 Å². The van der Waals surface area contributed by atoms with E-state index in [2.05, 4.69) is 28.9 Å². The number of rotatable bonds is 0. The molecule has 0 amide bonds. The number of fused-ring (bicyclic) bond motifs is 2. The van der Waals surface area contributed by atoms with Gasteiger partial charge in [0, 0.05) is 15.6 Å². The van der Waals surface area contributed by atoms with Gasteiger partial charge in [0.25, 0.3) is 0 Å². The first kappa shape index (κ1) is 10.8. The highest BCUT2D eigenvalue weighted by molar-refractivity contribution is 9.10. The summed E-state index contributed by atoms with van der Waals surface area (Å²) in [7, 11) is 0. The molecule has 0 radical (unpaired) electrons. The predicted molar refractivity (Wildman–Crippen MR) is 72.1 cm³/mol. The molecule has 0 atom stereocenters. The van der Waals surface area contributed by atoms with Crippen molar-refractivity contribution < 1.29 is 0 Å². The van der Waals surface area contributed by atoms with Crippen LogP contribution in [0.15, 0.2) is 21.6 Å². The van der Waals surface area contributed by atoms with Crippen molar-refractivity contribution in [3.63, 3.8) is 0 Å². The molecule has 1 aliphatic heterocycles. The molecule has 1 aliphatic carbocycles. The largest absolute Gasteiger partial charge is 0.255 e. The average molecular weight is 299 g/mol. The fourth-order valence-corrected chi connectivity index (χ4v) is 3.97. The zero-order chi connectivity index (χ0) is 11.3. The second kappa shape index (κ2) is 3.58. The zero-order valence-electron chi connectivity index (χ0n) is 9.19. The van der Waals surface area contributed by atoms with Crippen molar-refractivity contribution in [3.05, 3.63) is 27.2 Å². The number of nitrogens with zero attached hydrogens (tertiary/aromatic N) is 1. The fourth-order valence-electron chi connectivity index (χ4n) is 3.12. The average Bonchev–Trinajstić information content (AvgIpc) is 2.79. The summed E-state index contributed by atoms with van der Waals surface area (Å²) >= 11 is 9.80. The Hall–Kier alpha value is -0.340. The maximum atomic E-state index is 6.26. The molecule has 16 heavy (non-hydrogen) atoms. The fraction of sp³-hybridized carbons (Fsp3) is 0.462. The van der Waals surface area contributed by atoms with Gasteiger partial charge in [-0.05, 0) is 37.5 Å². The van der Waals surface area contributed by atoms with Crippen LogP contribution < -0.4 is 0 Å². The first-order chi connectivity index (χ1) is 7.63. The number of benzene rings is 1. The van der Waals surface area contributed by atoms with E-state index in [1.54, 1.807) is 0 Å². The predicted octanol–water partition coefficient (Wildman–Crippen LogP) is 5.02. The topological polar surface area (TPSA) is 12.4 Å². The van der Waals surface area contributed by atoms with E-state index in [0.29, 0.717) is 0 Å². The summed E-state index contributed by atoms with van der Waals surface area (Å²) in [6.45, 7) is 2.15. The van der Waals surface area contributed by atoms with Crippen molar-refractivity contribution in [3.8, 4) is 0 Å². The number of hydrogen-bond acceptors (Lipinski definition) is 1. The highest BCUT2D eigenvalue weighted by Gasteiger charge is 2.44. The molecular formula is C13H13BrClN. The van der Waals surface area contributed by atoms with Gasteiger partial charge in [0.15, 0.2) is 0 Å². The summed E-state index contributed by atoms with van der Waals surface area (Å²) in [4.78, 5) is 4.69. The zero-order valence-corrected chi connectivity index (χ0v) is 11.5. The molecule has 0 saturated heterocycles. The summed E-state index contributed by atoms with van der Waals surface area (Å²) in [5.74, 6) is 0. The molecule has 1 spiro atoms. The molecule has 2 aliphatic rings. The van der Waals surface area contributed by atoms with E-state index in [-0.39, 0.29) is 5.41 Å². The summed E-state index contributed by atoms with van der Waals surface area (Å²) in [6, 6.07) is 4.14. The molecule has 0 aromatic heterocycles. The van der Waals surface area contributed by atoms with Crippen LogP contribution in [0.4, 0.5) is 5.69 Å². The van der Waals surface area contributed by atoms with Crippen LogP contribution in [0.2, 0.25) is 5.02 Å². The quantitative estimate of drug-likeness (QED) is 0.637. The molecular weight excluding hydrogens is 286 g/mol. The molecule has 1 aromatic rings. The van der Waals surface area contributed by atoms with Crippen molar-refractivity contribution in [2.24, 2.45) is 4.99 Å². The second-order valence-corrected chi connectivity index (χ2v) is 6.09. The summed E-state index contributed by atoms with van der Waals surface area (Å²) < 4.78 is 1.06. The van der Waals surface area contributed by atoms with Crippen LogP contribution in [0.1, 0.15) is 38.2 Å². The van der Waals surface area contributed by atoms with Crippen molar-refractivity contribution in [1.29, 1.82) is 0 Å². The van der Waals surface area contributed by atoms with Gasteiger partial charge in [0.1, 0.15) is 0 Å². The molecule has 3 heteroatoms. The normalized spacial score (nSPS) is 21.3. The lowest BCUT2D eigenvalue weighted by Gasteiger charge is -2.25. The lowest BCUT2D eigenvalue weighted by Crippen LogP contribution is -2.27. The monoisotopic (exact) mass is 297 g/mol. The van der Waals surface area contributed by atoms with Crippen molar-refractivity contribution >= 4 is 38.9 Å². The summed E-state index contributed by atoms with van der Waals surface area (Å²) in [5, 5.41) is 0.771. The highest BCUT2D eigenvalue weighted by atomic mass is 79.9. The van der Waals surface area contributed by atoms with Gasteiger partial charge in [-0.25, -0.2) is 0 Å². The van der Waals surface area contributed by atoms with Gasteiger partial charge >= 0.3 is 0 Å². The van der Waals surface area contributed by atoms with Gasteiger partial charge in [-0.2, -0.15) is 0 Å². The Kier molecular flexibility index (Phi) is 2.41. The van der Waals surface area contributed by atoms with Gasteiger partial charge in [0.2, 0.25) is 0 Å². The van der Waals surface area contributed by atoms with Crippen LogP contribution in [-0.2, 0) is 5.41 Å². The van der Waals surface area contributed by atoms with Crippen LogP contribution in [0.5, 0.6) is 0 Å². The third-order valence-electron chi connectivity index (χ3n) is 3.97. The Morgan fingerprint density at radius 3 is 2.69 bits per heavy atom. The minimum absolute atomic E-state index is 0.197. The Labute approximate surface area is 109 Å². The van der Waals surface area contributed by atoms with Crippen LogP contribution in [0, 0.1) is 0 Å². The second-order valence-electron chi connectivity index (χ2n) is 4.77. The van der Waals surface area contributed by atoms with Crippen LogP contribution in [0.25, 0.3) is 0 Å². The third-order valence-corrected chi connectivity index (χ3v) is 4.72. The van der Waals surface area contributed by atoms with E-state index in [1.165, 1.54) is 37.0 Å². The molecule has 1 aromatic carbocycles. The molecule has 84 valence electrons. The summed E-state index contributed by atoms with van der Waals surface area (Å²) in [5.41, 5.74) is 3.79. The van der Waals surface area contributed by atoms with Gasteiger partial charge in [-0.3, -0.25) is 4.99 Å². The Morgan fingerprint density at radius 1 is 1.31 bits per heavy atom. The van der Waals surface area contributed by atoms with Gasteiger partial charge < -0.3 is 0 Å². The molecule has 1 fully saturated rings. The Bertz CT molecular complexity index is 487. The highest BCUT2D eigenvalue weighted by Crippen LogP contribution is 2.53. The van der Waals surface area contributed by atoms with Crippen LogP contribution in [-0.4, -0.2) is 5.71 Å². The number of aliphatic imine (C=N–C) groups is 1. The molecule has 0 unspecified atom stereocenters. The van der Waals surface area contributed by atoms with Crippen LogP contribution in [0.3, 0.4) is 0 Å². The number of hydrogen-bond donors (Lipinski definition) is 0. The van der Waals surface area contributed by atoms with E-state index in [1.807, 2.05) is 6.07 Å². The lowest BCUT2D eigenvalue weighted by atomic mass is 9.77. The van der Waals surface area contributed by atoms with Gasteiger partial charge in [0.05, 0.1) is 10.7 Å². The maximum absolute atomic E-state index is 6.26. The van der Waals surface area contributed by atoms with Gasteiger partial charge in [-0.15, -0.1) is 0 Å². The van der Waals surface area contributed by atoms with Crippen molar-refractivity contribution in [1.82, 2.24) is 0 Å². The lowest BCUT2D eigenvalue weighted by molar-refractivity contribution is 0.609. The van der Waals surface area contributed by atoms with Crippen molar-refractivity contribution in [2.75, 3.05) is 0 Å². The molecule has 0 N–H and O–H groups in total. The number of halogens is 2. The van der Waals surface area contributed by atoms with Crippen molar-refractivity contribution in [2.45, 2.75) is 38.0 Å². The molecule has 3 rings (SSSR count). The molecule has 0 bridgehead atoms. The molecule has 1 nitrogen and oxygen atoms in total. The van der Waals surface area contributed by atoms with Crippen LogP contribution >= 0.6 is 27.5 Å². The van der Waals surface area contributed by atoms with E-state index >= 15 is 0 Å². The first-order valence-corrected chi connectivity index (χ1v) is 6.86. The standard InChI is InChI=1S/C13H13BrClN/c1-8-13(4-2-3-5-13)10-6-9(14)7-11(15)12(10)16-8/h6-7H,2-5H2,1H3. The van der Waals surface area contributed by atoms with E-state index in [9.17, 15) is 0 Å². The minimum Gasteiger partial charge on any atom is -0.255 e. The Morgan fingerprint density at radius 2 is 2.00 bits per heavy atom. The smallest absolute Gasteiger partial charge is 0.0857 e. The van der Waals surface area contributed by atoms with E-state index in [0.717, 1.165) is 15.2 Å². The Balaban J connectivity index is 2.25. The summed E-state index contributed by atoms with van der Waals surface area (Å²) in [6.07, 6.45) is 5.05. The first-order valence-electron chi connectivity index (χ1n) is 5.69. The van der Waals surface area contributed by atoms with Gasteiger partial charge in [-0.1, -0.05) is 40.4 Å². The minimum atomic E-state index is 0.197.